The Bertz CT molecular complexity index is 345. The van der Waals surface area contributed by atoms with Gasteiger partial charge in [0.2, 0.25) is 0 Å². The number of nitrogens with zero attached hydrogens (tertiary/aromatic N) is 1. The average Bonchev–Trinajstić information content (AvgIpc) is 2.62. The van der Waals surface area contributed by atoms with E-state index in [-0.39, 0.29) is 6.29 Å². The fourth-order valence-corrected chi connectivity index (χ4v) is 1.68. The summed E-state index contributed by atoms with van der Waals surface area (Å²) in [5.41, 5.74) is 2.43. The maximum Gasteiger partial charge on any atom is 0.179 e. The zero-order valence-corrected chi connectivity index (χ0v) is 6.49. The molecule has 2 N–H and O–H groups in total. The van der Waals surface area contributed by atoms with Crippen LogP contribution in [0, 0.1) is 0 Å². The number of rotatable bonds is 0. The van der Waals surface area contributed by atoms with Crippen molar-refractivity contribution in [2.24, 2.45) is 0 Å². The maximum atomic E-state index is 3.35. The van der Waals surface area contributed by atoms with Crippen LogP contribution in [0.5, 0.6) is 0 Å². The molecule has 0 amide bonds. The molecule has 0 bridgehead atoms. The van der Waals surface area contributed by atoms with Crippen LogP contribution in [-0.2, 0) is 0 Å². The predicted molar refractivity (Wildman–Crippen MR) is 48.6 cm³/mol. The zero-order valence-electron chi connectivity index (χ0n) is 6.49. The Hall–Kier alpha value is -1.64. The second-order valence-corrected chi connectivity index (χ2v) is 2.95. The number of hydrogen-bond donors (Lipinski definition) is 2. The highest BCUT2D eigenvalue weighted by Crippen LogP contribution is 2.34. The number of hydrogen-bond acceptors (Lipinski definition) is 3. The molecule has 3 heteroatoms. The van der Waals surface area contributed by atoms with Crippen molar-refractivity contribution in [2.45, 2.75) is 6.29 Å². The van der Waals surface area contributed by atoms with E-state index in [4.69, 9.17) is 0 Å². The van der Waals surface area contributed by atoms with Gasteiger partial charge in [0.15, 0.2) is 6.29 Å². The molecular formula is C9H9N3. The Kier molecular flexibility index (Phi) is 0.961. The van der Waals surface area contributed by atoms with Crippen LogP contribution in [0.4, 0.5) is 11.4 Å². The van der Waals surface area contributed by atoms with Gasteiger partial charge in [-0.2, -0.15) is 0 Å². The van der Waals surface area contributed by atoms with Crippen molar-refractivity contribution in [1.29, 1.82) is 0 Å². The fraction of sp³-hybridized carbons (Fsp3) is 0.111. The highest BCUT2D eigenvalue weighted by Gasteiger charge is 2.28. The molecule has 0 saturated carbocycles. The van der Waals surface area contributed by atoms with Crippen molar-refractivity contribution in [1.82, 2.24) is 5.32 Å². The molecule has 2 heterocycles. The van der Waals surface area contributed by atoms with Gasteiger partial charge in [0.25, 0.3) is 0 Å². The number of nitrogens with one attached hydrogen (secondary N) is 2. The minimum absolute atomic E-state index is 0.224. The lowest BCUT2D eigenvalue weighted by molar-refractivity contribution is 0.725. The number of anilines is 2. The van der Waals surface area contributed by atoms with Gasteiger partial charge in [0.05, 0.1) is 11.4 Å². The van der Waals surface area contributed by atoms with Gasteiger partial charge in [0.1, 0.15) is 0 Å². The third-order valence-corrected chi connectivity index (χ3v) is 2.24. The van der Waals surface area contributed by atoms with Gasteiger partial charge in [-0.15, -0.1) is 0 Å². The van der Waals surface area contributed by atoms with Crippen molar-refractivity contribution in [3.63, 3.8) is 0 Å². The summed E-state index contributed by atoms with van der Waals surface area (Å²) in [6.07, 6.45) is 4.22. The van der Waals surface area contributed by atoms with Crippen molar-refractivity contribution in [3.8, 4) is 0 Å². The molecule has 1 aromatic rings. The van der Waals surface area contributed by atoms with E-state index in [0.29, 0.717) is 0 Å². The molecule has 12 heavy (non-hydrogen) atoms. The van der Waals surface area contributed by atoms with Crippen LogP contribution in [-0.4, -0.2) is 6.29 Å². The molecule has 3 nitrogen and oxygen atoms in total. The predicted octanol–water partition coefficient (Wildman–Crippen LogP) is 1.28. The molecule has 1 aromatic carbocycles. The van der Waals surface area contributed by atoms with Gasteiger partial charge in [-0.1, -0.05) is 12.1 Å². The monoisotopic (exact) mass is 159 g/mol. The first kappa shape index (κ1) is 5.94. The molecular weight excluding hydrogens is 150 g/mol. The highest BCUT2D eigenvalue weighted by atomic mass is 15.4. The molecule has 0 fully saturated rings. The van der Waals surface area contributed by atoms with Crippen LogP contribution in [0.3, 0.4) is 0 Å². The van der Waals surface area contributed by atoms with Crippen molar-refractivity contribution in [3.05, 3.63) is 36.7 Å². The van der Waals surface area contributed by atoms with Gasteiger partial charge in [-0.05, 0) is 12.1 Å². The molecule has 0 saturated heterocycles. The van der Waals surface area contributed by atoms with Gasteiger partial charge < -0.3 is 15.5 Å². The van der Waals surface area contributed by atoms with Crippen LogP contribution in [0.1, 0.15) is 0 Å². The molecule has 0 aliphatic carbocycles. The highest BCUT2D eigenvalue weighted by molar-refractivity contribution is 5.77. The third kappa shape index (κ3) is 0.605. The van der Waals surface area contributed by atoms with E-state index in [0.717, 1.165) is 0 Å². The summed E-state index contributed by atoms with van der Waals surface area (Å²) in [6, 6.07) is 8.29. The molecule has 60 valence electrons. The summed E-state index contributed by atoms with van der Waals surface area (Å²) < 4.78 is 0. The molecule has 0 aromatic heterocycles. The van der Waals surface area contributed by atoms with E-state index in [1.807, 2.05) is 18.5 Å². The van der Waals surface area contributed by atoms with E-state index in [9.17, 15) is 0 Å². The Morgan fingerprint density at radius 2 is 2.17 bits per heavy atom. The first-order valence-corrected chi connectivity index (χ1v) is 4.02. The Labute approximate surface area is 70.7 Å². The van der Waals surface area contributed by atoms with Gasteiger partial charge in [-0.3, -0.25) is 0 Å². The number of fused-ring (bicyclic) bond motifs is 3. The summed E-state index contributed by atoms with van der Waals surface area (Å²) >= 11 is 0. The SMILES string of the molecule is C1=CN2c3ccccc3NC2N1. The van der Waals surface area contributed by atoms with Crippen LogP contribution in [0.2, 0.25) is 0 Å². The summed E-state index contributed by atoms with van der Waals surface area (Å²) in [5.74, 6) is 0. The topological polar surface area (TPSA) is 27.3 Å². The molecule has 0 spiro atoms. The van der Waals surface area contributed by atoms with Gasteiger partial charge >= 0.3 is 0 Å². The summed E-state index contributed by atoms with van der Waals surface area (Å²) in [6.45, 7) is 0. The van der Waals surface area contributed by atoms with E-state index < -0.39 is 0 Å². The van der Waals surface area contributed by atoms with Crippen LogP contribution in [0.25, 0.3) is 0 Å². The maximum absolute atomic E-state index is 3.35. The van der Waals surface area contributed by atoms with Crippen molar-refractivity contribution >= 4 is 11.4 Å². The number of para-hydroxylation sites is 2. The quantitative estimate of drug-likeness (QED) is 0.597. The first-order valence-electron chi connectivity index (χ1n) is 4.02. The second-order valence-electron chi connectivity index (χ2n) is 2.95. The molecule has 1 unspecified atom stereocenters. The summed E-state index contributed by atoms with van der Waals surface area (Å²) in [4.78, 5) is 2.18. The zero-order chi connectivity index (χ0) is 7.97. The van der Waals surface area contributed by atoms with Crippen molar-refractivity contribution < 1.29 is 0 Å². The Balaban J connectivity index is 2.14. The largest absolute Gasteiger partial charge is 0.353 e. The van der Waals surface area contributed by atoms with Gasteiger partial charge in [-0.25, -0.2) is 0 Å². The van der Waals surface area contributed by atoms with Crippen LogP contribution < -0.4 is 15.5 Å². The average molecular weight is 159 g/mol. The van der Waals surface area contributed by atoms with E-state index >= 15 is 0 Å². The van der Waals surface area contributed by atoms with E-state index in [2.05, 4.69) is 33.7 Å². The van der Waals surface area contributed by atoms with Crippen LogP contribution >= 0.6 is 0 Å². The Morgan fingerprint density at radius 1 is 1.25 bits per heavy atom. The molecule has 2 aliphatic rings. The minimum Gasteiger partial charge on any atom is -0.353 e. The summed E-state index contributed by atoms with van der Waals surface area (Å²) in [7, 11) is 0. The number of benzene rings is 1. The lowest BCUT2D eigenvalue weighted by Crippen LogP contribution is -2.36. The normalized spacial score (nSPS) is 23.0. The van der Waals surface area contributed by atoms with E-state index in [1.165, 1.54) is 11.4 Å². The fourth-order valence-electron chi connectivity index (χ4n) is 1.68. The first-order chi connectivity index (χ1) is 5.95. The van der Waals surface area contributed by atoms with Crippen LogP contribution in [0.15, 0.2) is 36.7 Å². The molecule has 3 rings (SSSR count). The lowest BCUT2D eigenvalue weighted by Gasteiger charge is -2.15. The molecule has 0 radical (unpaired) electrons. The molecule has 2 aliphatic heterocycles. The van der Waals surface area contributed by atoms with Gasteiger partial charge in [0, 0.05) is 12.4 Å². The molecule has 1 atom stereocenters. The smallest absolute Gasteiger partial charge is 0.179 e. The van der Waals surface area contributed by atoms with E-state index in [1.54, 1.807) is 0 Å². The summed E-state index contributed by atoms with van der Waals surface area (Å²) in [5, 5.41) is 6.55. The lowest BCUT2D eigenvalue weighted by atomic mass is 10.3. The third-order valence-electron chi connectivity index (χ3n) is 2.24. The second kappa shape index (κ2) is 1.94. The minimum atomic E-state index is 0.224. The van der Waals surface area contributed by atoms with Crippen molar-refractivity contribution in [2.75, 3.05) is 10.2 Å². The standard InChI is InChI=1S/C9H9N3/c1-2-4-8-7(3-1)11-9-10-5-6-12(8)9/h1-6,9-11H. The Morgan fingerprint density at radius 3 is 3.17 bits per heavy atom.